The summed E-state index contributed by atoms with van der Waals surface area (Å²) in [5, 5.41) is 1.75. The van der Waals surface area contributed by atoms with E-state index in [4.69, 9.17) is 10.6 Å². The highest BCUT2D eigenvalue weighted by Gasteiger charge is 1.92. The minimum absolute atomic E-state index is 0.929. The summed E-state index contributed by atoms with van der Waals surface area (Å²) in [4.78, 5) is 0. The van der Waals surface area contributed by atoms with Crippen LogP contribution in [0.5, 0.6) is 0 Å². The number of hydrogen-bond donors (Lipinski definition) is 1. The first-order valence-corrected chi connectivity index (χ1v) is 5.81. The van der Waals surface area contributed by atoms with Gasteiger partial charge in [0.1, 0.15) is 0 Å². The van der Waals surface area contributed by atoms with Gasteiger partial charge in [-0.2, -0.15) is 0 Å². The summed E-state index contributed by atoms with van der Waals surface area (Å²) in [6, 6.07) is 0. The molecule has 0 heterocycles. The lowest BCUT2D eigenvalue weighted by Gasteiger charge is -2.08. The quantitative estimate of drug-likeness (QED) is 0.335. The summed E-state index contributed by atoms with van der Waals surface area (Å²) in [7, 11) is 1.91. The first-order valence-electron chi connectivity index (χ1n) is 5.81. The van der Waals surface area contributed by atoms with Crippen molar-refractivity contribution in [3.05, 3.63) is 0 Å². The summed E-state index contributed by atoms with van der Waals surface area (Å²) < 4.78 is 5.47. The van der Waals surface area contributed by atoms with E-state index < -0.39 is 0 Å². The topological polar surface area (TPSA) is 38.5 Å². The van der Waals surface area contributed by atoms with Gasteiger partial charge in [0.05, 0.1) is 0 Å². The molecule has 2 N–H and O–H groups in total. The Labute approximate surface area is 88.6 Å². The van der Waals surface area contributed by atoms with E-state index in [0.717, 1.165) is 19.8 Å². The highest BCUT2D eigenvalue weighted by Crippen LogP contribution is 2.00. The van der Waals surface area contributed by atoms with Crippen LogP contribution in [0.15, 0.2) is 0 Å². The molecule has 0 bridgehead atoms. The fraction of sp³-hybridized carbons (Fsp3) is 1.00. The van der Waals surface area contributed by atoms with E-state index in [0.29, 0.717) is 0 Å². The maximum atomic E-state index is 5.50. The van der Waals surface area contributed by atoms with E-state index in [-0.39, 0.29) is 0 Å². The molecule has 0 unspecified atom stereocenters. The number of hydrazine groups is 1. The van der Waals surface area contributed by atoms with E-state index in [9.17, 15) is 0 Å². The SMILES string of the molecule is CCCCOCCCCCCN(C)N. The molecule has 0 aliphatic rings. The second kappa shape index (κ2) is 11.0. The van der Waals surface area contributed by atoms with Crippen molar-refractivity contribution in [1.29, 1.82) is 0 Å². The second-order valence-corrected chi connectivity index (χ2v) is 3.86. The zero-order valence-electron chi connectivity index (χ0n) is 9.80. The number of nitrogens with zero attached hydrogens (tertiary/aromatic N) is 1. The van der Waals surface area contributed by atoms with Gasteiger partial charge in [-0.05, 0) is 19.3 Å². The first-order chi connectivity index (χ1) is 6.77. The molecule has 0 amide bonds. The van der Waals surface area contributed by atoms with Crippen LogP contribution < -0.4 is 5.84 Å². The van der Waals surface area contributed by atoms with Crippen LogP contribution in [0.1, 0.15) is 45.4 Å². The lowest BCUT2D eigenvalue weighted by molar-refractivity contribution is 0.127. The summed E-state index contributed by atoms with van der Waals surface area (Å²) >= 11 is 0. The van der Waals surface area contributed by atoms with Crippen LogP contribution in [0.3, 0.4) is 0 Å². The van der Waals surface area contributed by atoms with Crippen LogP contribution in [-0.2, 0) is 4.74 Å². The van der Waals surface area contributed by atoms with Gasteiger partial charge in [0.2, 0.25) is 0 Å². The summed E-state index contributed by atoms with van der Waals surface area (Å²) in [5.74, 6) is 5.50. The van der Waals surface area contributed by atoms with Gasteiger partial charge in [-0.15, -0.1) is 0 Å². The van der Waals surface area contributed by atoms with Crippen LogP contribution >= 0.6 is 0 Å². The molecule has 14 heavy (non-hydrogen) atoms. The van der Waals surface area contributed by atoms with Crippen molar-refractivity contribution < 1.29 is 4.74 Å². The van der Waals surface area contributed by atoms with Crippen LogP contribution in [0.2, 0.25) is 0 Å². The lowest BCUT2D eigenvalue weighted by Crippen LogP contribution is -2.26. The second-order valence-electron chi connectivity index (χ2n) is 3.86. The minimum atomic E-state index is 0.929. The largest absolute Gasteiger partial charge is 0.381 e. The van der Waals surface area contributed by atoms with E-state index in [1.165, 1.54) is 38.5 Å². The highest BCUT2D eigenvalue weighted by molar-refractivity contribution is 4.45. The summed E-state index contributed by atoms with van der Waals surface area (Å²) in [6.07, 6.45) is 7.33. The monoisotopic (exact) mass is 202 g/mol. The van der Waals surface area contributed by atoms with Gasteiger partial charge in [0.25, 0.3) is 0 Å². The standard InChI is InChI=1S/C11H26N2O/c1-3-4-10-14-11-8-6-5-7-9-13(2)12/h3-12H2,1-2H3. The van der Waals surface area contributed by atoms with E-state index in [1.807, 2.05) is 7.05 Å². The third-order valence-corrected chi connectivity index (χ3v) is 2.19. The minimum Gasteiger partial charge on any atom is -0.381 e. The van der Waals surface area contributed by atoms with Gasteiger partial charge in [-0.1, -0.05) is 26.2 Å². The van der Waals surface area contributed by atoms with Crippen molar-refractivity contribution >= 4 is 0 Å². The lowest BCUT2D eigenvalue weighted by atomic mass is 10.2. The molecule has 3 heteroatoms. The molecule has 0 radical (unpaired) electrons. The van der Waals surface area contributed by atoms with Crippen LogP contribution in [0.25, 0.3) is 0 Å². The summed E-state index contributed by atoms with van der Waals surface area (Å²) in [6.45, 7) is 5.05. The van der Waals surface area contributed by atoms with Crippen LogP contribution in [0.4, 0.5) is 0 Å². The average Bonchev–Trinajstić information content (AvgIpc) is 2.15. The van der Waals surface area contributed by atoms with Gasteiger partial charge < -0.3 is 4.74 Å². The molecule has 0 aromatic carbocycles. The zero-order valence-corrected chi connectivity index (χ0v) is 9.80. The van der Waals surface area contributed by atoms with Crippen molar-refractivity contribution in [3.63, 3.8) is 0 Å². The number of nitrogens with two attached hydrogens (primary N) is 1. The molecule has 0 spiro atoms. The highest BCUT2D eigenvalue weighted by atomic mass is 16.5. The Morgan fingerprint density at radius 3 is 2.29 bits per heavy atom. The smallest absolute Gasteiger partial charge is 0.0466 e. The number of ether oxygens (including phenoxy) is 1. The van der Waals surface area contributed by atoms with Gasteiger partial charge in [0.15, 0.2) is 0 Å². The Bertz CT molecular complexity index is 107. The van der Waals surface area contributed by atoms with E-state index >= 15 is 0 Å². The Morgan fingerprint density at radius 1 is 1.00 bits per heavy atom. The molecule has 0 atom stereocenters. The molecular formula is C11H26N2O. The van der Waals surface area contributed by atoms with Gasteiger partial charge in [-0.25, -0.2) is 0 Å². The van der Waals surface area contributed by atoms with Crippen molar-refractivity contribution in [2.45, 2.75) is 45.4 Å². The predicted octanol–water partition coefficient (Wildman–Crippen LogP) is 2.17. The molecule has 0 aromatic heterocycles. The molecule has 0 aliphatic heterocycles. The Balaban J connectivity index is 2.85. The van der Waals surface area contributed by atoms with Crippen LogP contribution in [0, 0.1) is 0 Å². The molecule has 86 valence electrons. The van der Waals surface area contributed by atoms with E-state index in [2.05, 4.69) is 6.92 Å². The molecular weight excluding hydrogens is 176 g/mol. The maximum absolute atomic E-state index is 5.50. The Morgan fingerprint density at radius 2 is 1.64 bits per heavy atom. The fourth-order valence-electron chi connectivity index (χ4n) is 1.27. The van der Waals surface area contributed by atoms with Crippen molar-refractivity contribution in [3.8, 4) is 0 Å². The molecule has 3 nitrogen and oxygen atoms in total. The van der Waals surface area contributed by atoms with Gasteiger partial charge in [-0.3, -0.25) is 10.9 Å². The molecule has 0 saturated carbocycles. The molecule has 0 aliphatic carbocycles. The molecule has 0 saturated heterocycles. The van der Waals surface area contributed by atoms with Crippen LogP contribution in [-0.4, -0.2) is 31.8 Å². The van der Waals surface area contributed by atoms with Crippen molar-refractivity contribution in [2.24, 2.45) is 5.84 Å². The van der Waals surface area contributed by atoms with Gasteiger partial charge >= 0.3 is 0 Å². The first kappa shape index (κ1) is 13.9. The van der Waals surface area contributed by atoms with E-state index in [1.54, 1.807) is 5.01 Å². The average molecular weight is 202 g/mol. The van der Waals surface area contributed by atoms with Crippen molar-refractivity contribution in [2.75, 3.05) is 26.8 Å². The predicted molar refractivity (Wildman–Crippen MR) is 61.0 cm³/mol. The van der Waals surface area contributed by atoms with Gasteiger partial charge in [0, 0.05) is 26.8 Å². The maximum Gasteiger partial charge on any atom is 0.0466 e. The number of hydrogen-bond acceptors (Lipinski definition) is 3. The number of rotatable bonds is 10. The Kier molecular flexibility index (Phi) is 10.9. The summed E-state index contributed by atoms with van der Waals surface area (Å²) in [5.41, 5.74) is 0. The van der Waals surface area contributed by atoms with Crippen molar-refractivity contribution in [1.82, 2.24) is 5.01 Å². The molecule has 0 aromatic rings. The fourth-order valence-corrected chi connectivity index (χ4v) is 1.27. The zero-order chi connectivity index (χ0) is 10.6. The number of unbranched alkanes of at least 4 members (excludes halogenated alkanes) is 4. The molecule has 0 fully saturated rings. The Hall–Kier alpha value is -0.120. The third kappa shape index (κ3) is 11.9. The third-order valence-electron chi connectivity index (χ3n) is 2.19. The normalized spacial score (nSPS) is 11.1. The molecule has 0 rings (SSSR count).